The summed E-state index contributed by atoms with van der Waals surface area (Å²) < 4.78 is 7.46. The molecule has 0 bridgehead atoms. The van der Waals surface area contributed by atoms with Crippen molar-refractivity contribution in [3.05, 3.63) is 35.7 Å². The fourth-order valence-corrected chi connectivity index (χ4v) is 2.95. The van der Waals surface area contributed by atoms with E-state index in [0.29, 0.717) is 18.6 Å². The molecule has 21 heavy (non-hydrogen) atoms. The third-order valence-electron chi connectivity index (χ3n) is 4.37. The Labute approximate surface area is 124 Å². The Morgan fingerprint density at radius 1 is 1.19 bits per heavy atom. The van der Waals surface area contributed by atoms with E-state index in [1.807, 2.05) is 0 Å². The van der Waals surface area contributed by atoms with Crippen LogP contribution in [0, 0.1) is 0 Å². The molecule has 2 saturated carbocycles. The van der Waals surface area contributed by atoms with Gasteiger partial charge in [-0.15, -0.1) is 0 Å². The third-order valence-corrected chi connectivity index (χ3v) is 4.37. The first kappa shape index (κ1) is 12.9. The Morgan fingerprint density at radius 3 is 2.48 bits per heavy atom. The van der Waals surface area contributed by atoms with E-state index in [0.717, 1.165) is 17.1 Å². The summed E-state index contributed by atoms with van der Waals surface area (Å²) in [5.74, 6) is 2.69. The van der Waals surface area contributed by atoms with Gasteiger partial charge < -0.3 is 15.0 Å². The minimum atomic E-state index is 0.592. The van der Waals surface area contributed by atoms with Crippen LogP contribution in [-0.4, -0.2) is 16.7 Å². The maximum absolute atomic E-state index is 6.42. The number of nitrogens with two attached hydrogens (primary N) is 1. The molecule has 0 unspecified atom stereocenters. The number of aromatic nitrogens is 2. The van der Waals surface area contributed by atoms with Crippen LogP contribution < -0.4 is 5.73 Å². The lowest BCUT2D eigenvalue weighted by molar-refractivity contribution is 0.185. The zero-order valence-electron chi connectivity index (χ0n) is 12.4. The van der Waals surface area contributed by atoms with Gasteiger partial charge in [0, 0.05) is 24.6 Å². The molecule has 0 atom stereocenters. The highest BCUT2D eigenvalue weighted by Gasteiger charge is 2.36. The SMILES string of the molecule is COCc1ccc(-c2nc(C3CC3)n(C3CC3)c2N)cc1. The van der Waals surface area contributed by atoms with Gasteiger partial charge in [-0.05, 0) is 31.2 Å². The minimum absolute atomic E-state index is 0.592. The lowest BCUT2D eigenvalue weighted by Crippen LogP contribution is -2.04. The van der Waals surface area contributed by atoms with Crippen LogP contribution in [0.3, 0.4) is 0 Å². The maximum atomic E-state index is 6.42. The van der Waals surface area contributed by atoms with Crippen LogP contribution in [0.5, 0.6) is 0 Å². The molecule has 0 radical (unpaired) electrons. The molecular formula is C17H21N3O. The summed E-state index contributed by atoms with van der Waals surface area (Å²) in [6, 6.07) is 8.97. The molecule has 2 aliphatic carbocycles. The Bertz CT molecular complexity index is 651. The summed E-state index contributed by atoms with van der Waals surface area (Å²) in [6.07, 6.45) is 5.00. The quantitative estimate of drug-likeness (QED) is 0.913. The molecule has 0 amide bonds. The van der Waals surface area contributed by atoms with Gasteiger partial charge in [0.05, 0.1) is 6.61 Å². The largest absolute Gasteiger partial charge is 0.383 e. The lowest BCUT2D eigenvalue weighted by Gasteiger charge is -2.07. The van der Waals surface area contributed by atoms with Gasteiger partial charge in [0.25, 0.3) is 0 Å². The molecule has 4 nitrogen and oxygen atoms in total. The summed E-state index contributed by atoms with van der Waals surface area (Å²) in [5, 5.41) is 0. The molecule has 2 N–H and O–H groups in total. The normalized spacial score (nSPS) is 18.1. The summed E-state index contributed by atoms with van der Waals surface area (Å²) in [5.41, 5.74) is 9.64. The van der Waals surface area contributed by atoms with Crippen molar-refractivity contribution >= 4 is 5.82 Å². The number of ether oxygens (including phenoxy) is 1. The Kier molecular flexibility index (Phi) is 3.00. The van der Waals surface area contributed by atoms with Crippen molar-refractivity contribution in [2.24, 2.45) is 0 Å². The Balaban J connectivity index is 1.72. The molecule has 1 aromatic carbocycles. The lowest BCUT2D eigenvalue weighted by atomic mass is 10.1. The molecule has 4 rings (SSSR count). The Morgan fingerprint density at radius 2 is 1.90 bits per heavy atom. The number of anilines is 1. The van der Waals surface area contributed by atoms with Crippen molar-refractivity contribution in [1.29, 1.82) is 0 Å². The van der Waals surface area contributed by atoms with Gasteiger partial charge in [0.1, 0.15) is 17.3 Å². The van der Waals surface area contributed by atoms with Crippen LogP contribution in [0.15, 0.2) is 24.3 Å². The molecule has 4 heteroatoms. The third kappa shape index (κ3) is 2.33. The van der Waals surface area contributed by atoms with Crippen LogP contribution in [0.4, 0.5) is 5.82 Å². The van der Waals surface area contributed by atoms with Crippen molar-refractivity contribution in [3.63, 3.8) is 0 Å². The van der Waals surface area contributed by atoms with Crippen LogP contribution in [-0.2, 0) is 11.3 Å². The number of nitrogens with zero attached hydrogens (tertiary/aromatic N) is 2. The van der Waals surface area contributed by atoms with Gasteiger partial charge in [-0.2, -0.15) is 0 Å². The maximum Gasteiger partial charge on any atom is 0.132 e. The first-order chi connectivity index (χ1) is 10.3. The summed E-state index contributed by atoms with van der Waals surface area (Å²) >= 11 is 0. The van der Waals surface area contributed by atoms with E-state index in [2.05, 4.69) is 28.8 Å². The van der Waals surface area contributed by atoms with Gasteiger partial charge in [-0.25, -0.2) is 4.98 Å². The van der Waals surface area contributed by atoms with E-state index < -0.39 is 0 Å². The second kappa shape index (κ2) is 4.88. The molecule has 0 saturated heterocycles. The summed E-state index contributed by atoms with van der Waals surface area (Å²) in [6.45, 7) is 0.638. The number of imidazole rings is 1. The van der Waals surface area contributed by atoms with Crippen LogP contribution in [0.2, 0.25) is 0 Å². The van der Waals surface area contributed by atoms with Crippen molar-refractivity contribution in [2.75, 3.05) is 12.8 Å². The average molecular weight is 283 g/mol. The van der Waals surface area contributed by atoms with E-state index in [9.17, 15) is 0 Å². The monoisotopic (exact) mass is 283 g/mol. The molecule has 2 aromatic rings. The van der Waals surface area contributed by atoms with Gasteiger partial charge in [0.15, 0.2) is 0 Å². The fraction of sp³-hybridized carbons (Fsp3) is 0.471. The highest BCUT2D eigenvalue weighted by atomic mass is 16.5. The minimum Gasteiger partial charge on any atom is -0.383 e. The number of rotatable bonds is 5. The van der Waals surface area contributed by atoms with Crippen LogP contribution >= 0.6 is 0 Å². The second-order valence-corrected chi connectivity index (χ2v) is 6.21. The van der Waals surface area contributed by atoms with E-state index in [-0.39, 0.29) is 0 Å². The van der Waals surface area contributed by atoms with Gasteiger partial charge in [-0.1, -0.05) is 24.3 Å². The number of hydrogen-bond donors (Lipinski definition) is 1. The van der Waals surface area contributed by atoms with Crippen molar-refractivity contribution < 1.29 is 4.74 Å². The predicted octanol–water partition coefficient (Wildman–Crippen LogP) is 3.49. The number of benzene rings is 1. The standard InChI is InChI=1S/C17H21N3O/c1-21-10-11-2-4-12(5-3-11)15-16(18)20(14-8-9-14)17(19-15)13-6-7-13/h2-5,13-14H,6-10,18H2,1H3. The summed E-state index contributed by atoms with van der Waals surface area (Å²) in [4.78, 5) is 4.89. The molecule has 2 fully saturated rings. The molecule has 0 aliphatic heterocycles. The number of nitrogen functional groups attached to an aromatic ring is 1. The van der Waals surface area contributed by atoms with Crippen LogP contribution in [0.25, 0.3) is 11.3 Å². The van der Waals surface area contributed by atoms with E-state index in [1.165, 1.54) is 37.1 Å². The summed E-state index contributed by atoms with van der Waals surface area (Å²) in [7, 11) is 1.71. The van der Waals surface area contributed by atoms with E-state index in [1.54, 1.807) is 7.11 Å². The van der Waals surface area contributed by atoms with Crippen LogP contribution in [0.1, 0.15) is 49.0 Å². The topological polar surface area (TPSA) is 53.1 Å². The van der Waals surface area contributed by atoms with Gasteiger partial charge in [0.2, 0.25) is 0 Å². The van der Waals surface area contributed by atoms with Crippen molar-refractivity contribution in [2.45, 2.75) is 44.2 Å². The Hall–Kier alpha value is -1.81. The zero-order chi connectivity index (χ0) is 14.4. The molecule has 110 valence electrons. The molecule has 1 aromatic heterocycles. The fourth-order valence-electron chi connectivity index (χ4n) is 2.95. The average Bonchev–Trinajstić information content (AvgIpc) is 3.39. The molecule has 1 heterocycles. The van der Waals surface area contributed by atoms with Gasteiger partial charge >= 0.3 is 0 Å². The van der Waals surface area contributed by atoms with Crippen molar-refractivity contribution in [3.8, 4) is 11.3 Å². The first-order valence-corrected chi connectivity index (χ1v) is 7.73. The number of methoxy groups -OCH3 is 1. The molecule has 0 spiro atoms. The molecule has 2 aliphatic rings. The molecular weight excluding hydrogens is 262 g/mol. The van der Waals surface area contributed by atoms with E-state index in [4.69, 9.17) is 15.5 Å². The first-order valence-electron chi connectivity index (χ1n) is 7.73. The second-order valence-electron chi connectivity index (χ2n) is 6.21. The van der Waals surface area contributed by atoms with E-state index >= 15 is 0 Å². The smallest absolute Gasteiger partial charge is 0.132 e. The van der Waals surface area contributed by atoms with Crippen molar-refractivity contribution in [1.82, 2.24) is 9.55 Å². The predicted molar refractivity (Wildman–Crippen MR) is 83.0 cm³/mol. The van der Waals surface area contributed by atoms with Gasteiger partial charge in [-0.3, -0.25) is 0 Å². The zero-order valence-corrected chi connectivity index (χ0v) is 12.4. The highest BCUT2D eigenvalue weighted by Crippen LogP contribution is 2.47. The highest BCUT2D eigenvalue weighted by molar-refractivity contribution is 5.71. The number of hydrogen-bond acceptors (Lipinski definition) is 3.